The largest absolute Gasteiger partial charge is 0.508 e. The van der Waals surface area contributed by atoms with Crippen LogP contribution in [0.25, 0.3) is 0 Å². The highest BCUT2D eigenvalue weighted by molar-refractivity contribution is 6.24. The van der Waals surface area contributed by atoms with Crippen molar-refractivity contribution in [2.24, 2.45) is 17.8 Å². The van der Waals surface area contributed by atoms with Crippen molar-refractivity contribution < 1.29 is 38.9 Å². The van der Waals surface area contributed by atoms with E-state index < -0.39 is 29.6 Å². The summed E-state index contributed by atoms with van der Waals surface area (Å²) in [5.74, 6) is -3.81. The van der Waals surface area contributed by atoms with Crippen LogP contribution in [0.15, 0.2) is 52.6 Å². The maximum atomic E-state index is 13.7. The first-order valence-electron chi connectivity index (χ1n) is 13.3. The van der Waals surface area contributed by atoms with Crippen molar-refractivity contribution in [3.05, 3.63) is 58.2 Å². The molecule has 5 rings (SSSR count). The summed E-state index contributed by atoms with van der Waals surface area (Å²) < 4.78 is 5.56. The molecule has 9 heteroatoms. The van der Waals surface area contributed by atoms with Gasteiger partial charge in [0, 0.05) is 47.2 Å². The van der Waals surface area contributed by atoms with Crippen molar-refractivity contribution in [3.63, 3.8) is 0 Å². The van der Waals surface area contributed by atoms with E-state index in [4.69, 9.17) is 9.84 Å². The number of ether oxygens (including phenoxy) is 1. The average molecular weight is 534 g/mol. The number of carboxylic acids is 1. The maximum Gasteiger partial charge on any atom is 0.303 e. The topological polar surface area (TPSA) is 138 Å². The molecule has 2 amide bonds. The molecule has 0 aromatic heterocycles. The van der Waals surface area contributed by atoms with Gasteiger partial charge in [-0.25, -0.2) is 0 Å². The maximum absolute atomic E-state index is 13.7. The summed E-state index contributed by atoms with van der Waals surface area (Å²) >= 11 is 0. The van der Waals surface area contributed by atoms with E-state index in [0.717, 1.165) is 5.57 Å². The smallest absolute Gasteiger partial charge is 0.303 e. The molecule has 0 radical (unpaired) electrons. The number of phenolic OH excluding ortho intramolecular Hbond substituents is 1. The molecule has 1 aliphatic heterocycles. The van der Waals surface area contributed by atoms with Crippen LogP contribution in [0.3, 0.4) is 0 Å². The van der Waals surface area contributed by atoms with Gasteiger partial charge < -0.3 is 14.9 Å². The number of hydrogen-bond acceptors (Lipinski definition) is 7. The molecule has 1 heterocycles. The second-order valence-electron chi connectivity index (χ2n) is 10.7. The molecule has 4 atom stereocenters. The minimum atomic E-state index is -0.875. The van der Waals surface area contributed by atoms with Crippen molar-refractivity contribution in [3.8, 4) is 11.5 Å². The van der Waals surface area contributed by atoms with Gasteiger partial charge in [0.05, 0.1) is 18.9 Å². The Morgan fingerprint density at radius 3 is 2.56 bits per heavy atom. The number of methoxy groups -OCH3 is 1. The number of likely N-dealkylation sites (tertiary alicyclic amines) is 1. The number of Topliss-reactive ketones (excluding diaryl/α,β-unsaturated/α-hetero) is 1. The molecular formula is C30H31NO8. The molecule has 204 valence electrons. The molecule has 0 saturated carbocycles. The Kier molecular flexibility index (Phi) is 7.01. The van der Waals surface area contributed by atoms with E-state index in [2.05, 4.69) is 0 Å². The van der Waals surface area contributed by atoms with Crippen molar-refractivity contribution in [1.29, 1.82) is 0 Å². The number of aliphatic carboxylic acids is 1. The quantitative estimate of drug-likeness (QED) is 0.224. The summed E-state index contributed by atoms with van der Waals surface area (Å²) in [5, 5.41) is 18.9. The van der Waals surface area contributed by atoms with Gasteiger partial charge in [0.1, 0.15) is 11.5 Å². The number of fused-ring (bicyclic) bond motifs is 3. The first-order valence-corrected chi connectivity index (χ1v) is 13.3. The minimum Gasteiger partial charge on any atom is -0.508 e. The monoisotopic (exact) mass is 533 g/mol. The van der Waals surface area contributed by atoms with E-state index in [-0.39, 0.29) is 48.5 Å². The van der Waals surface area contributed by atoms with Crippen molar-refractivity contribution in [1.82, 2.24) is 4.90 Å². The highest BCUT2D eigenvalue weighted by Crippen LogP contribution is 2.56. The van der Waals surface area contributed by atoms with Crippen molar-refractivity contribution in [2.45, 2.75) is 51.4 Å². The number of hydrogen-bond donors (Lipinski definition) is 2. The van der Waals surface area contributed by atoms with Crippen LogP contribution in [-0.4, -0.2) is 58.1 Å². The number of rotatable bonds is 8. The number of nitrogens with zero attached hydrogens (tertiary/aromatic N) is 1. The number of carbonyl (C=O) groups is 5. The van der Waals surface area contributed by atoms with E-state index in [1.807, 2.05) is 6.08 Å². The van der Waals surface area contributed by atoms with E-state index in [1.54, 1.807) is 13.0 Å². The number of unbranched alkanes of at least 4 members (excludes halogenated alkanes) is 2. The zero-order valence-electron chi connectivity index (χ0n) is 21.9. The number of carboxylic acid groups (broad SMARTS) is 1. The lowest BCUT2D eigenvalue weighted by Gasteiger charge is -2.42. The molecule has 1 aromatic rings. The Hall–Kier alpha value is -4.01. The third-order valence-corrected chi connectivity index (χ3v) is 8.46. The van der Waals surface area contributed by atoms with Gasteiger partial charge >= 0.3 is 5.97 Å². The van der Waals surface area contributed by atoms with Gasteiger partial charge in [-0.2, -0.15) is 0 Å². The van der Waals surface area contributed by atoms with Crippen LogP contribution in [0.5, 0.6) is 11.5 Å². The molecule has 2 N–H and O–H groups in total. The summed E-state index contributed by atoms with van der Waals surface area (Å²) in [6, 6.07) is 4.64. The number of allylic oxidation sites excluding steroid dienone is 6. The van der Waals surface area contributed by atoms with Crippen LogP contribution in [0.1, 0.15) is 56.9 Å². The fourth-order valence-corrected chi connectivity index (χ4v) is 6.66. The van der Waals surface area contributed by atoms with Gasteiger partial charge in [-0.3, -0.25) is 28.9 Å². The number of carbonyl (C=O) groups excluding carboxylic acids is 4. The minimum absolute atomic E-state index is 0.00691. The Morgan fingerprint density at radius 2 is 1.85 bits per heavy atom. The Morgan fingerprint density at radius 1 is 1.08 bits per heavy atom. The van der Waals surface area contributed by atoms with E-state index in [9.17, 15) is 29.1 Å². The number of benzene rings is 1. The predicted octanol–water partition coefficient (Wildman–Crippen LogP) is 3.48. The van der Waals surface area contributed by atoms with Crippen LogP contribution in [0.2, 0.25) is 0 Å². The molecule has 3 aliphatic carbocycles. The van der Waals surface area contributed by atoms with Gasteiger partial charge in [-0.05, 0) is 50.7 Å². The van der Waals surface area contributed by atoms with Gasteiger partial charge in [0.25, 0.3) is 0 Å². The highest BCUT2D eigenvalue weighted by atomic mass is 16.5. The molecule has 1 aromatic carbocycles. The second kappa shape index (κ2) is 10.3. The molecule has 1 fully saturated rings. The third kappa shape index (κ3) is 4.49. The molecule has 1 saturated heterocycles. The van der Waals surface area contributed by atoms with Crippen LogP contribution < -0.4 is 4.74 Å². The number of phenols is 1. The van der Waals surface area contributed by atoms with Gasteiger partial charge in [-0.15, -0.1) is 0 Å². The Balaban J connectivity index is 1.52. The first-order chi connectivity index (χ1) is 18.6. The summed E-state index contributed by atoms with van der Waals surface area (Å²) in [6.45, 7) is 1.84. The number of aromatic hydroxyl groups is 1. The van der Waals surface area contributed by atoms with Crippen LogP contribution in [-0.2, 0) is 24.0 Å². The molecule has 4 aliphatic rings. The Bertz CT molecular complexity index is 1380. The number of amides is 2. The van der Waals surface area contributed by atoms with E-state index in [1.165, 1.54) is 30.2 Å². The van der Waals surface area contributed by atoms with Crippen LogP contribution >= 0.6 is 0 Å². The third-order valence-electron chi connectivity index (χ3n) is 8.46. The molecule has 39 heavy (non-hydrogen) atoms. The summed E-state index contributed by atoms with van der Waals surface area (Å²) in [6.07, 6.45) is 5.45. The fourth-order valence-electron chi connectivity index (χ4n) is 6.66. The van der Waals surface area contributed by atoms with Gasteiger partial charge in [0.2, 0.25) is 11.8 Å². The van der Waals surface area contributed by atoms with Gasteiger partial charge in [0.15, 0.2) is 11.6 Å². The number of imide groups is 1. The van der Waals surface area contributed by atoms with Crippen LogP contribution in [0.4, 0.5) is 0 Å². The predicted molar refractivity (Wildman–Crippen MR) is 139 cm³/mol. The lowest BCUT2D eigenvalue weighted by molar-refractivity contribution is -0.141. The molecule has 0 spiro atoms. The number of ketones is 2. The van der Waals surface area contributed by atoms with Gasteiger partial charge in [-0.1, -0.05) is 24.1 Å². The molecule has 0 unspecified atom stereocenters. The molecular weight excluding hydrogens is 502 g/mol. The zero-order valence-corrected chi connectivity index (χ0v) is 21.9. The van der Waals surface area contributed by atoms with E-state index >= 15 is 0 Å². The lowest BCUT2D eigenvalue weighted by atomic mass is 9.59. The second-order valence-corrected chi connectivity index (χ2v) is 10.7. The Labute approximate surface area is 225 Å². The summed E-state index contributed by atoms with van der Waals surface area (Å²) in [7, 11) is 1.46. The fraction of sp³-hybridized carbons (Fsp3) is 0.433. The van der Waals surface area contributed by atoms with Crippen molar-refractivity contribution in [2.75, 3.05) is 13.7 Å². The van der Waals surface area contributed by atoms with Crippen LogP contribution in [0, 0.1) is 17.8 Å². The molecule has 0 bridgehead atoms. The highest BCUT2D eigenvalue weighted by Gasteiger charge is 2.56. The zero-order chi connectivity index (χ0) is 28.0. The summed E-state index contributed by atoms with van der Waals surface area (Å²) in [4.78, 5) is 65.8. The molecule has 9 nitrogen and oxygen atoms in total. The summed E-state index contributed by atoms with van der Waals surface area (Å²) in [5.41, 5.74) is 2.51. The first kappa shape index (κ1) is 26.6. The van der Waals surface area contributed by atoms with Crippen molar-refractivity contribution >= 4 is 29.4 Å². The SMILES string of the molecule is COc1cc(O)ccc1[C@H]1C2=CC[C@@H]3C(=O)N(CCCCCC(=O)O)C(=O)[C@@H]3[C@@H]2CC2=C1C(=O)C(C)=CC2=O. The standard InChI is InChI=1S/C30H31NO8/c1-15-12-22(33)21-14-20-17(25(27(21)28(15)36)18-8-7-16(32)13-23(18)39-2)9-10-19-26(20)30(38)31(29(19)37)11-5-3-4-6-24(34)35/h7-9,12-13,19-20,25-26,32H,3-6,10-11,14H2,1-2H3,(H,34,35)/t19-,20+,25+,26-/m0/s1. The normalized spacial score (nSPS) is 26.2. The van der Waals surface area contributed by atoms with E-state index in [0.29, 0.717) is 53.7 Å². The average Bonchev–Trinajstić information content (AvgIpc) is 3.15. The lowest BCUT2D eigenvalue weighted by Crippen LogP contribution is -2.40.